The van der Waals surface area contributed by atoms with Gasteiger partial charge >= 0.3 is 0 Å². The first-order valence-electron chi connectivity index (χ1n) is 19.5. The summed E-state index contributed by atoms with van der Waals surface area (Å²) in [4.78, 5) is 0. The molecule has 13 rings (SSSR count). The van der Waals surface area contributed by atoms with Crippen molar-refractivity contribution in [1.29, 1.82) is 0 Å². The van der Waals surface area contributed by atoms with Crippen LogP contribution in [0.3, 0.4) is 0 Å². The highest BCUT2D eigenvalue weighted by Gasteiger charge is 2.51. The highest BCUT2D eigenvalue weighted by Crippen LogP contribution is 2.63. The van der Waals surface area contributed by atoms with E-state index in [0.29, 0.717) is 0 Å². The molecule has 0 saturated carbocycles. The Kier molecular flexibility index (Phi) is 5.89. The van der Waals surface area contributed by atoms with Crippen molar-refractivity contribution in [3.8, 4) is 44.5 Å². The topological polar surface area (TPSA) is 13.1 Å². The predicted octanol–water partition coefficient (Wildman–Crippen LogP) is 14.7. The molecule has 0 fully saturated rings. The molecule has 0 N–H and O–H groups in total. The minimum atomic E-state index is -0.395. The van der Waals surface area contributed by atoms with E-state index in [1.54, 1.807) is 0 Å². The van der Waals surface area contributed by atoms with E-state index in [2.05, 4.69) is 194 Å². The van der Waals surface area contributed by atoms with Gasteiger partial charge in [-0.1, -0.05) is 170 Å². The van der Waals surface area contributed by atoms with E-state index in [1.807, 2.05) is 0 Å². The second-order valence-corrected chi connectivity index (χ2v) is 15.5. The standard InChI is InChI=1S/C55H32O/c1-2-14-36-33(13-1)25-30-46-41-29-27-35(32-51(41)56-54(36)46)53-44-20-5-3-18-42(44)52(43-19-4-6-21-45(43)53)34-26-28-40-39-17-9-12-24-49(39)55(50(40)31-34)47-22-10-7-15-37(47)38-16-8-11-23-48(38)55/h1-32H. The predicted molar refractivity (Wildman–Crippen MR) is 233 cm³/mol. The zero-order chi connectivity index (χ0) is 36.5. The molecule has 0 saturated heterocycles. The number of furan rings is 1. The van der Waals surface area contributed by atoms with Crippen LogP contribution in [-0.4, -0.2) is 0 Å². The van der Waals surface area contributed by atoms with E-state index in [9.17, 15) is 0 Å². The van der Waals surface area contributed by atoms with Gasteiger partial charge in [-0.2, -0.15) is 0 Å². The van der Waals surface area contributed by atoms with Crippen LogP contribution in [0.1, 0.15) is 22.3 Å². The van der Waals surface area contributed by atoms with Crippen LogP contribution in [0.25, 0.3) is 98.8 Å². The van der Waals surface area contributed by atoms with Crippen LogP contribution in [-0.2, 0) is 5.41 Å². The Labute approximate surface area is 323 Å². The maximum absolute atomic E-state index is 6.71. The van der Waals surface area contributed by atoms with Gasteiger partial charge in [0, 0.05) is 16.2 Å². The fourth-order valence-corrected chi connectivity index (χ4v) is 10.7. The number of rotatable bonds is 2. The normalized spacial score (nSPS) is 13.5. The molecule has 1 spiro atoms. The Morgan fingerprint density at radius 3 is 1.34 bits per heavy atom. The monoisotopic (exact) mass is 708 g/mol. The summed E-state index contributed by atoms with van der Waals surface area (Å²) in [6.45, 7) is 0. The van der Waals surface area contributed by atoms with Crippen molar-refractivity contribution in [2.45, 2.75) is 5.41 Å². The minimum Gasteiger partial charge on any atom is -0.455 e. The van der Waals surface area contributed by atoms with Crippen LogP contribution in [0.15, 0.2) is 199 Å². The zero-order valence-corrected chi connectivity index (χ0v) is 30.4. The Morgan fingerprint density at radius 2 is 0.750 bits per heavy atom. The highest BCUT2D eigenvalue weighted by atomic mass is 16.3. The van der Waals surface area contributed by atoms with Gasteiger partial charge in [0.05, 0.1) is 5.41 Å². The molecule has 0 aliphatic heterocycles. The Morgan fingerprint density at radius 1 is 0.304 bits per heavy atom. The van der Waals surface area contributed by atoms with E-state index < -0.39 is 5.41 Å². The van der Waals surface area contributed by atoms with E-state index in [1.165, 1.54) is 88.1 Å². The lowest BCUT2D eigenvalue weighted by Gasteiger charge is -2.30. The molecule has 0 atom stereocenters. The van der Waals surface area contributed by atoms with E-state index in [0.717, 1.165) is 32.9 Å². The molecule has 1 heteroatoms. The molecule has 258 valence electrons. The fraction of sp³-hybridized carbons (Fsp3) is 0.0182. The first-order chi connectivity index (χ1) is 27.8. The molecule has 1 heterocycles. The van der Waals surface area contributed by atoms with Gasteiger partial charge in [-0.3, -0.25) is 0 Å². The summed E-state index contributed by atoms with van der Waals surface area (Å²) in [7, 11) is 0. The Balaban J connectivity index is 1.08. The quantitative estimate of drug-likeness (QED) is 0.163. The van der Waals surface area contributed by atoms with Crippen molar-refractivity contribution in [3.63, 3.8) is 0 Å². The first-order valence-corrected chi connectivity index (χ1v) is 19.5. The van der Waals surface area contributed by atoms with Crippen LogP contribution < -0.4 is 0 Å². The number of fused-ring (bicyclic) bond motifs is 17. The van der Waals surface area contributed by atoms with Crippen molar-refractivity contribution in [1.82, 2.24) is 0 Å². The molecule has 0 unspecified atom stereocenters. The van der Waals surface area contributed by atoms with Gasteiger partial charge in [-0.15, -0.1) is 0 Å². The third-order valence-electron chi connectivity index (χ3n) is 12.9. The average molecular weight is 709 g/mol. The summed E-state index contributed by atoms with van der Waals surface area (Å²) in [5, 5.41) is 9.58. The highest BCUT2D eigenvalue weighted by molar-refractivity contribution is 6.22. The maximum atomic E-state index is 6.71. The van der Waals surface area contributed by atoms with Crippen LogP contribution in [0.2, 0.25) is 0 Å². The third-order valence-corrected chi connectivity index (χ3v) is 12.9. The van der Waals surface area contributed by atoms with Gasteiger partial charge in [0.2, 0.25) is 0 Å². The van der Waals surface area contributed by atoms with Gasteiger partial charge in [0.1, 0.15) is 11.2 Å². The fourth-order valence-electron chi connectivity index (χ4n) is 10.7. The zero-order valence-electron chi connectivity index (χ0n) is 30.4. The molecule has 1 aromatic heterocycles. The largest absolute Gasteiger partial charge is 0.455 e. The number of hydrogen-bond donors (Lipinski definition) is 0. The summed E-state index contributed by atoms with van der Waals surface area (Å²) in [6, 6.07) is 72.0. The van der Waals surface area contributed by atoms with Crippen LogP contribution in [0, 0.1) is 0 Å². The SMILES string of the molecule is c1ccc2c(c1)-c1ccccc1C21c2ccccc2-c2ccc(-c3c4ccccc4c(-c4ccc5c(c4)oc4c6ccccc6ccc54)c4ccccc34)cc21. The second kappa shape index (κ2) is 10.9. The number of benzene rings is 10. The summed E-state index contributed by atoms with van der Waals surface area (Å²) in [6.07, 6.45) is 0. The van der Waals surface area contributed by atoms with Gasteiger partial charge in [-0.05, 0) is 118 Å². The summed E-state index contributed by atoms with van der Waals surface area (Å²) < 4.78 is 6.71. The summed E-state index contributed by atoms with van der Waals surface area (Å²) in [5.41, 5.74) is 17.1. The molecule has 1 nitrogen and oxygen atoms in total. The van der Waals surface area contributed by atoms with Crippen LogP contribution in [0.5, 0.6) is 0 Å². The third kappa shape index (κ3) is 3.75. The van der Waals surface area contributed by atoms with Gasteiger partial charge < -0.3 is 4.42 Å². The molecule has 10 aromatic carbocycles. The first kappa shape index (κ1) is 30.1. The molecule has 2 aliphatic carbocycles. The summed E-state index contributed by atoms with van der Waals surface area (Å²) >= 11 is 0. The molecule has 0 radical (unpaired) electrons. The Bertz CT molecular complexity index is 3370. The lowest BCUT2D eigenvalue weighted by molar-refractivity contribution is 0.673. The van der Waals surface area contributed by atoms with Gasteiger partial charge in [-0.25, -0.2) is 0 Å². The number of hydrogen-bond acceptors (Lipinski definition) is 1. The molecule has 56 heavy (non-hydrogen) atoms. The smallest absolute Gasteiger partial charge is 0.143 e. The van der Waals surface area contributed by atoms with Crippen molar-refractivity contribution < 1.29 is 4.42 Å². The Hall–Kier alpha value is -7.22. The molecule has 11 aromatic rings. The average Bonchev–Trinajstić information content (AvgIpc) is 3.89. The lowest BCUT2D eigenvalue weighted by atomic mass is 9.70. The molecule has 0 bridgehead atoms. The minimum absolute atomic E-state index is 0.395. The van der Waals surface area contributed by atoms with Crippen LogP contribution in [0.4, 0.5) is 0 Å². The van der Waals surface area contributed by atoms with E-state index in [4.69, 9.17) is 4.42 Å². The van der Waals surface area contributed by atoms with Crippen molar-refractivity contribution in [3.05, 3.63) is 216 Å². The molecule has 0 amide bonds. The van der Waals surface area contributed by atoms with Gasteiger partial charge in [0.15, 0.2) is 0 Å². The van der Waals surface area contributed by atoms with E-state index in [-0.39, 0.29) is 0 Å². The molecular formula is C55H32O. The van der Waals surface area contributed by atoms with E-state index >= 15 is 0 Å². The lowest BCUT2D eigenvalue weighted by Crippen LogP contribution is -2.25. The second-order valence-electron chi connectivity index (χ2n) is 15.5. The molecular weight excluding hydrogens is 677 g/mol. The van der Waals surface area contributed by atoms with Crippen molar-refractivity contribution >= 4 is 54.3 Å². The summed E-state index contributed by atoms with van der Waals surface area (Å²) in [5.74, 6) is 0. The maximum Gasteiger partial charge on any atom is 0.143 e. The van der Waals surface area contributed by atoms with Crippen molar-refractivity contribution in [2.75, 3.05) is 0 Å². The van der Waals surface area contributed by atoms with Gasteiger partial charge in [0.25, 0.3) is 0 Å². The molecule has 2 aliphatic rings. The van der Waals surface area contributed by atoms with Crippen LogP contribution >= 0.6 is 0 Å². The van der Waals surface area contributed by atoms with Crippen molar-refractivity contribution in [2.24, 2.45) is 0 Å².